The molecule has 2 N–H and O–H groups in total. The Bertz CT molecular complexity index is 497. The van der Waals surface area contributed by atoms with E-state index in [-0.39, 0.29) is 0 Å². The second-order valence-electron chi connectivity index (χ2n) is 3.84. The summed E-state index contributed by atoms with van der Waals surface area (Å²) in [7, 11) is 0. The number of primary amides is 1. The van der Waals surface area contributed by atoms with Gasteiger partial charge in [0.2, 0.25) is 0 Å². The maximum Gasteiger partial charge on any atom is 0.331 e. The number of esters is 1. The van der Waals surface area contributed by atoms with Crippen LogP contribution in [0.15, 0.2) is 28.7 Å². The number of benzene rings is 1. The van der Waals surface area contributed by atoms with E-state index < -0.39 is 18.0 Å². The van der Waals surface area contributed by atoms with Gasteiger partial charge in [0.05, 0.1) is 0 Å². The number of carbonyl (C=O) groups is 2. The van der Waals surface area contributed by atoms with Crippen molar-refractivity contribution in [3.8, 4) is 0 Å². The number of amides is 1. The van der Waals surface area contributed by atoms with Crippen LogP contribution in [0.2, 0.25) is 0 Å². The number of rotatable bonds is 4. The standard InChI is InChI=1S/C13H14BrNO3/c1-8-3-4-10(11(14)7-8)5-6-12(16)18-9(2)13(15)17/h3-7,9H,1-2H3,(H2,15,17)/b6-5+/t9-/m0/s1. The summed E-state index contributed by atoms with van der Waals surface area (Å²) in [6.45, 7) is 3.40. The largest absolute Gasteiger partial charge is 0.449 e. The Morgan fingerprint density at radius 3 is 2.67 bits per heavy atom. The maximum absolute atomic E-state index is 11.4. The van der Waals surface area contributed by atoms with Crippen molar-refractivity contribution in [3.05, 3.63) is 39.9 Å². The molecule has 0 bridgehead atoms. The first-order chi connectivity index (χ1) is 8.40. The summed E-state index contributed by atoms with van der Waals surface area (Å²) in [6.07, 6.45) is 1.94. The number of halogens is 1. The van der Waals surface area contributed by atoms with Crippen molar-refractivity contribution in [2.24, 2.45) is 5.73 Å². The molecule has 1 atom stereocenters. The molecule has 0 spiro atoms. The Labute approximate surface area is 114 Å². The number of hydrogen-bond acceptors (Lipinski definition) is 3. The van der Waals surface area contributed by atoms with E-state index in [0.29, 0.717) is 0 Å². The highest BCUT2D eigenvalue weighted by molar-refractivity contribution is 9.10. The molecule has 96 valence electrons. The van der Waals surface area contributed by atoms with Gasteiger partial charge in [-0.15, -0.1) is 0 Å². The molecule has 0 radical (unpaired) electrons. The molecule has 0 unspecified atom stereocenters. The van der Waals surface area contributed by atoms with Crippen molar-refractivity contribution in [3.63, 3.8) is 0 Å². The highest BCUT2D eigenvalue weighted by Gasteiger charge is 2.12. The molecule has 4 nitrogen and oxygen atoms in total. The van der Waals surface area contributed by atoms with E-state index in [1.807, 2.05) is 25.1 Å². The first-order valence-corrected chi connectivity index (χ1v) is 6.13. The van der Waals surface area contributed by atoms with Gasteiger partial charge >= 0.3 is 5.97 Å². The van der Waals surface area contributed by atoms with Crippen molar-refractivity contribution in [1.82, 2.24) is 0 Å². The molecule has 0 aliphatic rings. The zero-order valence-electron chi connectivity index (χ0n) is 10.1. The van der Waals surface area contributed by atoms with Crippen LogP contribution < -0.4 is 5.73 Å². The fraction of sp³-hybridized carbons (Fsp3) is 0.231. The highest BCUT2D eigenvalue weighted by atomic mass is 79.9. The molecule has 0 aliphatic heterocycles. The minimum absolute atomic E-state index is 0.603. The van der Waals surface area contributed by atoms with Gasteiger partial charge in [-0.25, -0.2) is 4.79 Å². The van der Waals surface area contributed by atoms with E-state index >= 15 is 0 Å². The second kappa shape index (κ2) is 6.35. The van der Waals surface area contributed by atoms with E-state index in [1.54, 1.807) is 6.08 Å². The van der Waals surface area contributed by atoms with Crippen molar-refractivity contribution in [2.45, 2.75) is 20.0 Å². The van der Waals surface area contributed by atoms with Gasteiger partial charge < -0.3 is 10.5 Å². The predicted molar refractivity (Wildman–Crippen MR) is 72.7 cm³/mol. The lowest BCUT2D eigenvalue weighted by Crippen LogP contribution is -2.29. The molecule has 0 aromatic heterocycles. The van der Waals surface area contributed by atoms with Gasteiger partial charge in [0.15, 0.2) is 6.10 Å². The van der Waals surface area contributed by atoms with Crippen molar-refractivity contribution in [2.75, 3.05) is 0 Å². The molecule has 1 rings (SSSR count). The fourth-order valence-corrected chi connectivity index (χ4v) is 1.82. The fourth-order valence-electron chi connectivity index (χ4n) is 1.20. The average Bonchev–Trinajstić information content (AvgIpc) is 2.27. The molecule has 0 heterocycles. The van der Waals surface area contributed by atoms with Crippen LogP contribution in [0, 0.1) is 6.92 Å². The molecule has 18 heavy (non-hydrogen) atoms. The zero-order chi connectivity index (χ0) is 13.7. The van der Waals surface area contributed by atoms with E-state index in [4.69, 9.17) is 10.5 Å². The van der Waals surface area contributed by atoms with Gasteiger partial charge in [-0.1, -0.05) is 28.1 Å². The van der Waals surface area contributed by atoms with Gasteiger partial charge in [-0.2, -0.15) is 0 Å². The Morgan fingerprint density at radius 2 is 2.11 bits per heavy atom. The lowest BCUT2D eigenvalue weighted by molar-refractivity contribution is -0.148. The van der Waals surface area contributed by atoms with E-state index in [2.05, 4.69) is 15.9 Å². The summed E-state index contributed by atoms with van der Waals surface area (Å²) in [5.74, 6) is -1.28. The topological polar surface area (TPSA) is 69.4 Å². The Hall–Kier alpha value is -1.62. The van der Waals surface area contributed by atoms with E-state index in [1.165, 1.54) is 13.0 Å². The molecular weight excluding hydrogens is 298 g/mol. The molecule has 1 aromatic rings. The summed E-state index contributed by atoms with van der Waals surface area (Å²) in [5.41, 5.74) is 6.95. The summed E-state index contributed by atoms with van der Waals surface area (Å²) < 4.78 is 5.67. The first-order valence-electron chi connectivity index (χ1n) is 5.34. The van der Waals surface area contributed by atoms with E-state index in [0.717, 1.165) is 15.6 Å². The lowest BCUT2D eigenvalue weighted by atomic mass is 10.1. The predicted octanol–water partition coefficient (Wildman–Crippen LogP) is 2.19. The van der Waals surface area contributed by atoms with Gasteiger partial charge in [0, 0.05) is 10.5 Å². The Morgan fingerprint density at radius 1 is 1.44 bits per heavy atom. The number of hydrogen-bond donors (Lipinski definition) is 1. The normalized spacial score (nSPS) is 12.4. The van der Waals surface area contributed by atoms with Gasteiger partial charge in [0.1, 0.15) is 0 Å². The third kappa shape index (κ3) is 4.33. The first kappa shape index (κ1) is 14.4. The summed E-state index contributed by atoms with van der Waals surface area (Å²) in [5, 5.41) is 0. The zero-order valence-corrected chi connectivity index (χ0v) is 11.7. The van der Waals surface area contributed by atoms with Crippen LogP contribution in [0.25, 0.3) is 6.08 Å². The molecule has 0 saturated heterocycles. The second-order valence-corrected chi connectivity index (χ2v) is 4.69. The number of ether oxygens (including phenoxy) is 1. The number of aryl methyl sites for hydroxylation is 1. The molecule has 1 aromatic carbocycles. The van der Waals surface area contributed by atoms with E-state index in [9.17, 15) is 9.59 Å². The number of nitrogens with two attached hydrogens (primary N) is 1. The smallest absolute Gasteiger partial charge is 0.331 e. The molecule has 1 amide bonds. The Balaban J connectivity index is 2.69. The molecular formula is C13H14BrNO3. The van der Waals surface area contributed by atoms with Crippen LogP contribution in [0.5, 0.6) is 0 Å². The van der Waals surface area contributed by atoms with Crippen LogP contribution >= 0.6 is 15.9 Å². The summed E-state index contributed by atoms with van der Waals surface area (Å²) in [4.78, 5) is 22.1. The third-order valence-corrected chi connectivity index (χ3v) is 2.94. The van der Waals surface area contributed by atoms with Crippen molar-refractivity contribution >= 4 is 33.9 Å². The summed E-state index contributed by atoms with van der Waals surface area (Å²) >= 11 is 3.39. The minimum atomic E-state index is -0.927. The minimum Gasteiger partial charge on any atom is -0.449 e. The SMILES string of the molecule is Cc1ccc(/C=C/C(=O)O[C@@H](C)C(N)=O)c(Br)c1. The molecule has 0 aliphatic carbocycles. The van der Waals surface area contributed by atoms with Crippen LogP contribution in [0.3, 0.4) is 0 Å². The molecule has 5 heteroatoms. The van der Waals surface area contributed by atoms with Gasteiger partial charge in [-0.3, -0.25) is 4.79 Å². The van der Waals surface area contributed by atoms with Gasteiger partial charge in [-0.05, 0) is 37.1 Å². The maximum atomic E-state index is 11.4. The van der Waals surface area contributed by atoms with Gasteiger partial charge in [0.25, 0.3) is 5.91 Å². The molecule has 0 saturated carbocycles. The monoisotopic (exact) mass is 311 g/mol. The quantitative estimate of drug-likeness (QED) is 0.684. The highest BCUT2D eigenvalue weighted by Crippen LogP contribution is 2.19. The number of carbonyl (C=O) groups excluding carboxylic acids is 2. The lowest BCUT2D eigenvalue weighted by Gasteiger charge is -2.06. The average molecular weight is 312 g/mol. The van der Waals surface area contributed by atoms with Crippen LogP contribution in [-0.4, -0.2) is 18.0 Å². The van der Waals surface area contributed by atoms with Crippen LogP contribution in [0.4, 0.5) is 0 Å². The van der Waals surface area contributed by atoms with Crippen molar-refractivity contribution < 1.29 is 14.3 Å². The third-order valence-electron chi connectivity index (χ3n) is 2.25. The molecule has 0 fully saturated rings. The van der Waals surface area contributed by atoms with Crippen LogP contribution in [0.1, 0.15) is 18.1 Å². The van der Waals surface area contributed by atoms with Crippen molar-refractivity contribution in [1.29, 1.82) is 0 Å². The Kier molecular flexibility index (Phi) is 5.09. The van der Waals surface area contributed by atoms with Crippen LogP contribution in [-0.2, 0) is 14.3 Å². The summed E-state index contributed by atoms with van der Waals surface area (Å²) in [6, 6.07) is 5.75.